The van der Waals surface area contributed by atoms with Gasteiger partial charge in [0.05, 0.1) is 0 Å². The van der Waals surface area contributed by atoms with Crippen LogP contribution in [-0.4, -0.2) is 6.29 Å². The van der Waals surface area contributed by atoms with Gasteiger partial charge in [-0.3, -0.25) is 0 Å². The molecule has 0 N–H and O–H groups in total. The van der Waals surface area contributed by atoms with Crippen molar-refractivity contribution < 1.29 is 4.79 Å². The minimum Gasteiger partial charge on any atom is -0.303 e. The van der Waals surface area contributed by atoms with Crippen LogP contribution < -0.4 is 0 Å². The van der Waals surface area contributed by atoms with E-state index in [1.165, 1.54) is 0 Å². The molecular weight excluding hydrogens is 275 g/mol. The summed E-state index contributed by atoms with van der Waals surface area (Å²) in [7, 11) is 0. The van der Waals surface area contributed by atoms with Crippen molar-refractivity contribution >= 4 is 45.4 Å². The third-order valence-corrected chi connectivity index (χ3v) is 2.96. The number of benzene rings is 1. The number of rotatable bonds is 3. The zero-order valence-electron chi connectivity index (χ0n) is 6.69. The summed E-state index contributed by atoms with van der Waals surface area (Å²) >= 11 is 15.2. The summed E-state index contributed by atoms with van der Waals surface area (Å²) in [5.41, 5.74) is 1.70. The molecule has 0 unspecified atom stereocenters. The van der Waals surface area contributed by atoms with E-state index in [0.29, 0.717) is 20.9 Å². The van der Waals surface area contributed by atoms with Crippen LogP contribution in [0.15, 0.2) is 12.1 Å². The van der Waals surface area contributed by atoms with Gasteiger partial charge < -0.3 is 4.79 Å². The molecule has 0 amide bonds. The lowest BCUT2D eigenvalue weighted by Crippen LogP contribution is -1.91. The molecule has 0 bridgehead atoms. The molecule has 1 aromatic carbocycles. The Morgan fingerprint density at radius 1 is 1.31 bits per heavy atom. The van der Waals surface area contributed by atoms with Gasteiger partial charge >= 0.3 is 0 Å². The quantitative estimate of drug-likeness (QED) is 0.611. The fourth-order valence-electron chi connectivity index (χ4n) is 1.01. The third-order valence-electron chi connectivity index (χ3n) is 1.64. The Morgan fingerprint density at radius 3 is 2.23 bits per heavy atom. The predicted molar refractivity (Wildman–Crippen MR) is 58.9 cm³/mol. The molecule has 1 nitrogen and oxygen atoms in total. The third kappa shape index (κ3) is 2.70. The van der Waals surface area contributed by atoms with Crippen LogP contribution in [0.2, 0.25) is 10.0 Å². The van der Waals surface area contributed by atoms with Crippen molar-refractivity contribution in [3.05, 3.63) is 33.3 Å². The zero-order chi connectivity index (χ0) is 9.84. The normalized spacial score (nSPS) is 10.1. The Morgan fingerprint density at radius 2 is 1.85 bits per heavy atom. The first kappa shape index (κ1) is 11.0. The van der Waals surface area contributed by atoms with E-state index in [4.69, 9.17) is 23.2 Å². The van der Waals surface area contributed by atoms with Crippen molar-refractivity contribution in [3.8, 4) is 0 Å². The molecule has 0 saturated carbocycles. The summed E-state index contributed by atoms with van der Waals surface area (Å²) in [4.78, 5) is 10.3. The Labute approximate surface area is 95.2 Å². The maximum absolute atomic E-state index is 10.3. The molecule has 0 aromatic heterocycles. The average Bonchev–Trinajstić information content (AvgIpc) is 2.11. The molecule has 1 rings (SSSR count). The number of hydrogen-bond donors (Lipinski definition) is 0. The Balaban J connectivity index is 3.14. The first-order chi connectivity index (χ1) is 6.19. The first-order valence-electron chi connectivity index (χ1n) is 3.65. The van der Waals surface area contributed by atoms with Gasteiger partial charge in [-0.05, 0) is 23.3 Å². The smallest absolute Gasteiger partial charge is 0.124 e. The number of carbonyl (C=O) groups is 1. The summed E-state index contributed by atoms with van der Waals surface area (Å²) in [5.74, 6) is 0. The van der Waals surface area contributed by atoms with Crippen molar-refractivity contribution in [1.29, 1.82) is 0 Å². The van der Waals surface area contributed by atoms with Gasteiger partial charge in [0, 0.05) is 21.8 Å². The molecule has 0 atom stereocenters. The molecule has 13 heavy (non-hydrogen) atoms. The zero-order valence-corrected chi connectivity index (χ0v) is 9.79. The lowest BCUT2D eigenvalue weighted by Gasteiger charge is -2.05. The van der Waals surface area contributed by atoms with E-state index in [2.05, 4.69) is 15.9 Å². The summed E-state index contributed by atoms with van der Waals surface area (Å²) < 4.78 is 0. The molecule has 0 heterocycles. The highest BCUT2D eigenvalue weighted by molar-refractivity contribution is 9.08. The van der Waals surface area contributed by atoms with Crippen molar-refractivity contribution in [3.63, 3.8) is 0 Å². The van der Waals surface area contributed by atoms with Gasteiger partial charge in [0.1, 0.15) is 6.29 Å². The first-order valence-corrected chi connectivity index (χ1v) is 5.53. The highest BCUT2D eigenvalue weighted by Crippen LogP contribution is 2.27. The number of alkyl halides is 1. The largest absolute Gasteiger partial charge is 0.303 e. The summed E-state index contributed by atoms with van der Waals surface area (Å²) in [6, 6.07) is 3.61. The summed E-state index contributed by atoms with van der Waals surface area (Å²) in [6.45, 7) is 0. The van der Waals surface area contributed by atoms with Crippen LogP contribution in [0.25, 0.3) is 0 Å². The molecule has 0 aliphatic heterocycles. The monoisotopic (exact) mass is 280 g/mol. The van der Waals surface area contributed by atoms with Crippen molar-refractivity contribution in [2.45, 2.75) is 11.8 Å². The minimum atomic E-state index is 0.264. The minimum absolute atomic E-state index is 0.264. The van der Waals surface area contributed by atoms with Gasteiger partial charge in [-0.2, -0.15) is 0 Å². The Hall–Kier alpha value is -0.0500. The molecule has 0 fully saturated rings. The van der Waals surface area contributed by atoms with Crippen LogP contribution in [0.1, 0.15) is 11.1 Å². The van der Waals surface area contributed by atoms with Gasteiger partial charge in [0.15, 0.2) is 0 Å². The highest BCUT2D eigenvalue weighted by atomic mass is 79.9. The molecule has 0 saturated heterocycles. The standard InChI is InChI=1S/C9H7BrCl2O/c10-5-6-3-8(11)7(1-2-13)9(12)4-6/h2-4H,1,5H2. The molecule has 0 radical (unpaired) electrons. The van der Waals surface area contributed by atoms with Gasteiger partial charge in [-0.25, -0.2) is 0 Å². The van der Waals surface area contributed by atoms with Crippen LogP contribution >= 0.6 is 39.1 Å². The van der Waals surface area contributed by atoms with E-state index < -0.39 is 0 Å². The van der Waals surface area contributed by atoms with Crippen LogP contribution in [0.5, 0.6) is 0 Å². The van der Waals surface area contributed by atoms with Crippen molar-refractivity contribution in [2.24, 2.45) is 0 Å². The van der Waals surface area contributed by atoms with E-state index in [1.807, 2.05) is 0 Å². The maximum atomic E-state index is 10.3. The van der Waals surface area contributed by atoms with Gasteiger partial charge in [0.25, 0.3) is 0 Å². The second-order valence-corrected chi connectivity index (χ2v) is 3.92. The van der Waals surface area contributed by atoms with Crippen LogP contribution in [0.4, 0.5) is 0 Å². The van der Waals surface area contributed by atoms with Crippen LogP contribution in [0, 0.1) is 0 Å². The number of carbonyl (C=O) groups excluding carboxylic acids is 1. The molecule has 70 valence electrons. The second-order valence-electron chi connectivity index (χ2n) is 2.54. The summed E-state index contributed by atoms with van der Waals surface area (Å²) in [5, 5.41) is 1.80. The number of aldehydes is 1. The molecular formula is C9H7BrCl2O. The van der Waals surface area contributed by atoms with Gasteiger partial charge in [0.2, 0.25) is 0 Å². The van der Waals surface area contributed by atoms with E-state index in [-0.39, 0.29) is 6.42 Å². The number of halogens is 3. The summed E-state index contributed by atoms with van der Waals surface area (Å²) in [6.07, 6.45) is 1.06. The lowest BCUT2D eigenvalue weighted by molar-refractivity contribution is -0.107. The number of hydrogen-bond acceptors (Lipinski definition) is 1. The fraction of sp³-hybridized carbons (Fsp3) is 0.222. The molecule has 0 aliphatic rings. The molecule has 0 spiro atoms. The average molecular weight is 282 g/mol. The maximum Gasteiger partial charge on any atom is 0.124 e. The SMILES string of the molecule is O=CCc1c(Cl)cc(CBr)cc1Cl. The van der Waals surface area contributed by atoms with E-state index >= 15 is 0 Å². The predicted octanol–water partition coefficient (Wildman–Crippen LogP) is 3.63. The molecule has 0 aliphatic carbocycles. The van der Waals surface area contributed by atoms with E-state index in [9.17, 15) is 4.79 Å². The Bertz CT molecular complexity index is 302. The topological polar surface area (TPSA) is 17.1 Å². The fourth-order valence-corrected chi connectivity index (χ4v) is 2.02. The Kier molecular flexibility index (Phi) is 4.23. The highest BCUT2D eigenvalue weighted by Gasteiger charge is 2.06. The van der Waals surface area contributed by atoms with Crippen LogP contribution in [0.3, 0.4) is 0 Å². The van der Waals surface area contributed by atoms with Crippen molar-refractivity contribution in [2.75, 3.05) is 0 Å². The van der Waals surface area contributed by atoms with Crippen molar-refractivity contribution in [1.82, 2.24) is 0 Å². The van der Waals surface area contributed by atoms with Crippen LogP contribution in [-0.2, 0) is 16.5 Å². The lowest BCUT2D eigenvalue weighted by atomic mass is 10.1. The molecule has 4 heteroatoms. The second kappa shape index (κ2) is 4.99. The van der Waals surface area contributed by atoms with E-state index in [1.54, 1.807) is 12.1 Å². The van der Waals surface area contributed by atoms with Gasteiger partial charge in [-0.1, -0.05) is 39.1 Å². The molecule has 1 aromatic rings. The van der Waals surface area contributed by atoms with Gasteiger partial charge in [-0.15, -0.1) is 0 Å². The van der Waals surface area contributed by atoms with E-state index in [0.717, 1.165) is 11.8 Å².